The van der Waals surface area contributed by atoms with Crippen molar-refractivity contribution in [3.05, 3.63) is 34.2 Å². The van der Waals surface area contributed by atoms with Crippen LogP contribution in [0.5, 0.6) is 0 Å². The number of aromatic nitrogens is 1. The van der Waals surface area contributed by atoms with Gasteiger partial charge < -0.3 is 25.0 Å². The van der Waals surface area contributed by atoms with Gasteiger partial charge in [0.2, 0.25) is 11.5 Å². The summed E-state index contributed by atoms with van der Waals surface area (Å²) in [6, 6.07) is 4.52. The van der Waals surface area contributed by atoms with Crippen molar-refractivity contribution in [2.45, 2.75) is 62.7 Å². The van der Waals surface area contributed by atoms with Crippen molar-refractivity contribution in [1.29, 1.82) is 0 Å². The van der Waals surface area contributed by atoms with Crippen LogP contribution in [0.4, 0.5) is 0 Å². The normalized spacial score (nSPS) is 29.3. The first-order valence-corrected chi connectivity index (χ1v) is 10.5. The Morgan fingerprint density at radius 3 is 2.59 bits per heavy atom. The number of nitrogens with one attached hydrogen (secondary N) is 2. The molecule has 3 N–H and O–H groups in total. The number of aliphatic hydroxyl groups excluding tert-OH is 1. The zero-order valence-corrected chi connectivity index (χ0v) is 16.8. The smallest absolute Gasteiger partial charge is 0.270 e. The van der Waals surface area contributed by atoms with Crippen LogP contribution in [-0.4, -0.2) is 63.7 Å². The van der Waals surface area contributed by atoms with E-state index in [2.05, 4.69) is 10.3 Å². The van der Waals surface area contributed by atoms with E-state index in [1.54, 1.807) is 17.0 Å². The molecule has 1 aromatic heterocycles. The number of rotatable bonds is 3. The number of aromatic amines is 1. The maximum absolute atomic E-state index is 12.7. The molecule has 1 spiro atoms. The van der Waals surface area contributed by atoms with E-state index < -0.39 is 17.2 Å². The van der Waals surface area contributed by atoms with Crippen LogP contribution in [0.2, 0.25) is 0 Å². The Kier molecular flexibility index (Phi) is 5.25. The topological polar surface area (TPSA) is 112 Å². The van der Waals surface area contributed by atoms with Gasteiger partial charge in [-0.05, 0) is 45.1 Å². The molecule has 2 saturated heterocycles. The lowest BCUT2D eigenvalue weighted by Gasteiger charge is -2.53. The third kappa shape index (κ3) is 3.71. The summed E-state index contributed by atoms with van der Waals surface area (Å²) < 4.78 is 6.05. The number of likely N-dealkylation sites (tertiary alicyclic amines) is 1. The third-order valence-electron chi connectivity index (χ3n) is 6.89. The molecule has 2 atom stereocenters. The van der Waals surface area contributed by atoms with Crippen molar-refractivity contribution in [2.24, 2.45) is 5.92 Å². The van der Waals surface area contributed by atoms with Crippen LogP contribution in [0.15, 0.2) is 23.0 Å². The highest BCUT2D eigenvalue weighted by atomic mass is 16.5. The SMILES string of the molecule is C[C@@]1(NC(=O)C2CCC2)CCOC2(CCN(C(=O)c3cccc(=O)[nH]3)CC2)[C@H]1O. The minimum atomic E-state index is -0.846. The van der Waals surface area contributed by atoms with E-state index in [9.17, 15) is 19.5 Å². The molecule has 3 fully saturated rings. The van der Waals surface area contributed by atoms with Gasteiger partial charge in [-0.3, -0.25) is 14.4 Å². The van der Waals surface area contributed by atoms with Gasteiger partial charge in [-0.1, -0.05) is 12.5 Å². The predicted octanol–water partition coefficient (Wildman–Crippen LogP) is 0.806. The third-order valence-corrected chi connectivity index (χ3v) is 6.89. The summed E-state index contributed by atoms with van der Waals surface area (Å²) in [6.45, 7) is 3.18. The van der Waals surface area contributed by atoms with E-state index in [1.165, 1.54) is 6.07 Å². The monoisotopic (exact) mass is 403 g/mol. The molecule has 1 saturated carbocycles. The van der Waals surface area contributed by atoms with Crippen molar-refractivity contribution in [2.75, 3.05) is 19.7 Å². The highest BCUT2D eigenvalue weighted by Crippen LogP contribution is 2.40. The summed E-state index contributed by atoms with van der Waals surface area (Å²) in [5.41, 5.74) is -1.56. The van der Waals surface area contributed by atoms with Crippen LogP contribution in [0.3, 0.4) is 0 Å². The van der Waals surface area contributed by atoms with E-state index in [1.807, 2.05) is 6.92 Å². The number of carbonyl (C=O) groups excluding carboxylic acids is 2. The first kappa shape index (κ1) is 20.1. The minimum absolute atomic E-state index is 0.0236. The van der Waals surface area contributed by atoms with Gasteiger partial charge in [-0.25, -0.2) is 0 Å². The summed E-state index contributed by atoms with van der Waals surface area (Å²) in [5.74, 6) is -0.148. The quantitative estimate of drug-likeness (QED) is 0.691. The van der Waals surface area contributed by atoms with Crippen LogP contribution in [-0.2, 0) is 9.53 Å². The zero-order valence-electron chi connectivity index (χ0n) is 16.8. The molecule has 0 unspecified atom stereocenters. The Morgan fingerprint density at radius 2 is 1.97 bits per heavy atom. The fraction of sp³-hybridized carbons (Fsp3) is 0.667. The number of ether oxygens (including phenoxy) is 1. The molecule has 8 nitrogen and oxygen atoms in total. The maximum Gasteiger partial charge on any atom is 0.270 e. The van der Waals surface area contributed by atoms with Gasteiger partial charge in [0.1, 0.15) is 11.8 Å². The molecule has 2 amide bonds. The fourth-order valence-corrected chi connectivity index (χ4v) is 4.70. The molecule has 3 aliphatic rings. The van der Waals surface area contributed by atoms with Crippen LogP contribution in [0.25, 0.3) is 0 Å². The maximum atomic E-state index is 12.7. The highest BCUT2D eigenvalue weighted by molar-refractivity contribution is 5.92. The summed E-state index contributed by atoms with van der Waals surface area (Å²) in [5, 5.41) is 14.3. The number of nitrogens with zero attached hydrogens (tertiary/aromatic N) is 1. The molecule has 2 aliphatic heterocycles. The van der Waals surface area contributed by atoms with Gasteiger partial charge in [0.25, 0.3) is 5.91 Å². The summed E-state index contributed by atoms with van der Waals surface area (Å²) in [6.07, 6.45) is 3.58. The summed E-state index contributed by atoms with van der Waals surface area (Å²) in [7, 11) is 0. The second-order valence-electron chi connectivity index (χ2n) is 8.82. The second kappa shape index (κ2) is 7.57. The fourth-order valence-electron chi connectivity index (χ4n) is 4.70. The molecule has 1 aliphatic carbocycles. The van der Waals surface area contributed by atoms with Gasteiger partial charge in [-0.15, -0.1) is 0 Å². The van der Waals surface area contributed by atoms with Crippen LogP contribution >= 0.6 is 0 Å². The average Bonchev–Trinajstić information content (AvgIpc) is 2.65. The summed E-state index contributed by atoms with van der Waals surface area (Å²) >= 11 is 0. The van der Waals surface area contributed by atoms with E-state index in [0.29, 0.717) is 39.0 Å². The van der Waals surface area contributed by atoms with Gasteiger partial charge in [0.05, 0.1) is 11.1 Å². The van der Waals surface area contributed by atoms with Crippen molar-refractivity contribution in [3.63, 3.8) is 0 Å². The van der Waals surface area contributed by atoms with Gasteiger partial charge in [0.15, 0.2) is 0 Å². The van der Waals surface area contributed by atoms with E-state index in [4.69, 9.17) is 4.74 Å². The molecule has 158 valence electrons. The Morgan fingerprint density at radius 1 is 1.24 bits per heavy atom. The lowest BCUT2D eigenvalue weighted by Crippen LogP contribution is -2.70. The lowest BCUT2D eigenvalue weighted by atomic mass is 9.72. The largest absolute Gasteiger partial charge is 0.388 e. The van der Waals surface area contributed by atoms with E-state index >= 15 is 0 Å². The van der Waals surface area contributed by atoms with Crippen molar-refractivity contribution in [3.8, 4) is 0 Å². The second-order valence-corrected chi connectivity index (χ2v) is 8.82. The molecular formula is C21H29N3O5. The number of hydrogen-bond donors (Lipinski definition) is 3. The van der Waals surface area contributed by atoms with Gasteiger partial charge >= 0.3 is 0 Å². The molecule has 0 radical (unpaired) electrons. The molecule has 4 rings (SSSR count). The number of aliphatic hydroxyl groups is 1. The number of hydrogen-bond acceptors (Lipinski definition) is 5. The number of piperidine rings is 1. The highest BCUT2D eigenvalue weighted by Gasteiger charge is 2.54. The Balaban J connectivity index is 1.43. The minimum Gasteiger partial charge on any atom is -0.388 e. The number of carbonyl (C=O) groups is 2. The van der Waals surface area contributed by atoms with Crippen LogP contribution in [0.1, 0.15) is 55.9 Å². The number of pyridine rings is 1. The number of H-pyrrole nitrogens is 1. The average molecular weight is 403 g/mol. The Labute approximate surface area is 169 Å². The first-order valence-electron chi connectivity index (χ1n) is 10.5. The molecule has 8 heteroatoms. The van der Waals surface area contributed by atoms with E-state index in [-0.39, 0.29) is 29.0 Å². The Hall–Kier alpha value is -2.19. The Bertz CT molecular complexity index is 841. The molecule has 0 bridgehead atoms. The first-order chi connectivity index (χ1) is 13.8. The van der Waals surface area contributed by atoms with Crippen molar-refractivity contribution >= 4 is 11.8 Å². The van der Waals surface area contributed by atoms with Crippen LogP contribution < -0.4 is 10.9 Å². The molecule has 29 heavy (non-hydrogen) atoms. The molecular weight excluding hydrogens is 374 g/mol. The van der Waals surface area contributed by atoms with Crippen molar-refractivity contribution in [1.82, 2.24) is 15.2 Å². The molecule has 0 aromatic carbocycles. The van der Waals surface area contributed by atoms with Crippen molar-refractivity contribution < 1.29 is 19.4 Å². The lowest BCUT2D eigenvalue weighted by molar-refractivity contribution is -0.206. The summed E-state index contributed by atoms with van der Waals surface area (Å²) in [4.78, 5) is 40.9. The molecule has 1 aromatic rings. The van der Waals surface area contributed by atoms with Gasteiger partial charge in [0, 0.05) is 31.7 Å². The standard InChI is InChI=1S/C21H29N3O5/c1-20(23-17(26)14-4-2-5-14)10-13-29-21(19(20)28)8-11-24(12-9-21)18(27)15-6-3-7-16(25)22-15/h3,6-7,14,19,28H,2,4-5,8-13H2,1H3,(H,22,25)(H,23,26)/t19-,20+/m0/s1. The number of amides is 2. The van der Waals surface area contributed by atoms with E-state index in [0.717, 1.165) is 19.3 Å². The predicted molar refractivity (Wildman–Crippen MR) is 105 cm³/mol. The zero-order chi connectivity index (χ0) is 20.6. The molecule has 3 heterocycles. The van der Waals surface area contributed by atoms with Gasteiger partial charge in [-0.2, -0.15) is 0 Å². The van der Waals surface area contributed by atoms with Crippen LogP contribution in [0, 0.1) is 5.92 Å².